The molecule has 2 rings (SSSR count). The number of aromatic nitrogens is 1. The molecule has 5 heteroatoms. The summed E-state index contributed by atoms with van der Waals surface area (Å²) in [6.45, 7) is 3.67. The molecular formula is C15H16F2N2O. The first kappa shape index (κ1) is 14.2. The Morgan fingerprint density at radius 3 is 2.65 bits per heavy atom. The van der Waals surface area contributed by atoms with Crippen molar-refractivity contribution in [2.45, 2.75) is 26.9 Å². The minimum absolute atomic E-state index is 0.0242. The number of pyridine rings is 1. The number of aryl methyl sites for hydroxylation is 2. The molecule has 1 heterocycles. The molecular weight excluding hydrogens is 262 g/mol. The number of rotatable bonds is 4. The Morgan fingerprint density at radius 2 is 1.95 bits per heavy atom. The predicted octanol–water partition coefficient (Wildman–Crippen LogP) is 3.80. The van der Waals surface area contributed by atoms with Gasteiger partial charge in [0.05, 0.1) is 0 Å². The van der Waals surface area contributed by atoms with Crippen LogP contribution in [0.5, 0.6) is 5.88 Å². The average molecular weight is 278 g/mol. The molecule has 3 nitrogen and oxygen atoms in total. The molecule has 0 atom stereocenters. The number of nitrogens with two attached hydrogens (primary N) is 1. The van der Waals surface area contributed by atoms with Crippen molar-refractivity contribution in [2.24, 2.45) is 0 Å². The number of nitrogens with zero attached hydrogens (tertiary/aromatic N) is 1. The van der Waals surface area contributed by atoms with Crippen LogP contribution in [-0.2, 0) is 6.61 Å². The first-order valence-electron chi connectivity index (χ1n) is 6.21. The van der Waals surface area contributed by atoms with E-state index in [1.54, 1.807) is 6.07 Å². The highest BCUT2D eigenvalue weighted by atomic mass is 19.3. The molecule has 0 radical (unpaired) electrons. The Labute approximate surface area is 116 Å². The first-order chi connectivity index (χ1) is 9.49. The molecule has 1 aromatic heterocycles. The van der Waals surface area contributed by atoms with E-state index >= 15 is 0 Å². The second-order valence-corrected chi connectivity index (χ2v) is 4.58. The highest BCUT2D eigenvalue weighted by Gasteiger charge is 2.16. The number of anilines is 1. The van der Waals surface area contributed by atoms with E-state index < -0.39 is 6.43 Å². The van der Waals surface area contributed by atoms with Crippen molar-refractivity contribution in [3.63, 3.8) is 0 Å². The number of alkyl halides is 2. The van der Waals surface area contributed by atoms with Gasteiger partial charge in [0.1, 0.15) is 6.61 Å². The SMILES string of the molecule is Cc1ccc(C)c(OCc2c(N)cccc2C(F)F)n1. The molecule has 0 aliphatic carbocycles. The highest BCUT2D eigenvalue weighted by Crippen LogP contribution is 2.28. The number of hydrogen-bond acceptors (Lipinski definition) is 3. The smallest absolute Gasteiger partial charge is 0.264 e. The minimum Gasteiger partial charge on any atom is -0.472 e. The molecule has 1 aromatic carbocycles. The molecule has 0 saturated heterocycles. The summed E-state index contributed by atoms with van der Waals surface area (Å²) >= 11 is 0. The molecule has 106 valence electrons. The van der Waals surface area contributed by atoms with Gasteiger partial charge in [-0.15, -0.1) is 0 Å². The first-order valence-corrected chi connectivity index (χ1v) is 6.21. The van der Waals surface area contributed by atoms with Crippen LogP contribution in [0.2, 0.25) is 0 Å². The summed E-state index contributed by atoms with van der Waals surface area (Å²) < 4.78 is 31.5. The standard InChI is InChI=1S/C15H16F2N2O/c1-9-6-7-10(2)19-15(9)20-8-12-11(14(16)17)4-3-5-13(12)18/h3-7,14H,8,18H2,1-2H3. The third-order valence-corrected chi connectivity index (χ3v) is 3.03. The fraction of sp³-hybridized carbons (Fsp3) is 0.267. The van der Waals surface area contributed by atoms with E-state index in [1.807, 2.05) is 26.0 Å². The summed E-state index contributed by atoms with van der Waals surface area (Å²) in [5, 5.41) is 0. The molecule has 0 spiro atoms. The largest absolute Gasteiger partial charge is 0.472 e. The van der Waals surface area contributed by atoms with E-state index in [-0.39, 0.29) is 12.2 Å². The fourth-order valence-corrected chi connectivity index (χ4v) is 1.88. The van der Waals surface area contributed by atoms with Gasteiger partial charge in [0.15, 0.2) is 0 Å². The monoisotopic (exact) mass is 278 g/mol. The Morgan fingerprint density at radius 1 is 1.20 bits per heavy atom. The van der Waals surface area contributed by atoms with Crippen LogP contribution in [0.3, 0.4) is 0 Å². The van der Waals surface area contributed by atoms with E-state index in [1.165, 1.54) is 12.1 Å². The topological polar surface area (TPSA) is 48.1 Å². The molecule has 2 aromatic rings. The predicted molar refractivity (Wildman–Crippen MR) is 73.9 cm³/mol. The van der Waals surface area contributed by atoms with Gasteiger partial charge in [-0.2, -0.15) is 0 Å². The van der Waals surface area contributed by atoms with Crippen molar-refractivity contribution in [3.05, 3.63) is 52.7 Å². The third kappa shape index (κ3) is 3.04. The zero-order valence-corrected chi connectivity index (χ0v) is 11.4. The zero-order valence-electron chi connectivity index (χ0n) is 11.4. The summed E-state index contributed by atoms with van der Waals surface area (Å²) in [5.74, 6) is 0.438. The van der Waals surface area contributed by atoms with E-state index in [4.69, 9.17) is 10.5 Å². The summed E-state index contributed by atoms with van der Waals surface area (Å²) in [5.41, 5.74) is 7.92. The van der Waals surface area contributed by atoms with E-state index in [9.17, 15) is 8.78 Å². The van der Waals surface area contributed by atoms with Crippen molar-refractivity contribution in [2.75, 3.05) is 5.73 Å². The van der Waals surface area contributed by atoms with E-state index in [0.29, 0.717) is 17.1 Å². The van der Waals surface area contributed by atoms with Crippen LogP contribution in [0.1, 0.15) is 28.8 Å². The fourth-order valence-electron chi connectivity index (χ4n) is 1.88. The average Bonchev–Trinajstić information content (AvgIpc) is 2.40. The summed E-state index contributed by atoms with van der Waals surface area (Å²) in [6, 6.07) is 8.19. The number of hydrogen-bond donors (Lipinski definition) is 1. The quantitative estimate of drug-likeness (QED) is 0.865. The summed E-state index contributed by atoms with van der Waals surface area (Å²) in [7, 11) is 0. The molecule has 0 fully saturated rings. The van der Waals surface area contributed by atoms with Crippen molar-refractivity contribution < 1.29 is 13.5 Å². The van der Waals surface area contributed by atoms with Crippen molar-refractivity contribution in [1.29, 1.82) is 0 Å². The van der Waals surface area contributed by atoms with Crippen molar-refractivity contribution in [3.8, 4) is 5.88 Å². The number of halogens is 2. The maximum Gasteiger partial charge on any atom is 0.264 e. The summed E-state index contributed by atoms with van der Waals surface area (Å²) in [6.07, 6.45) is -2.58. The van der Waals surface area contributed by atoms with Crippen LogP contribution in [0.4, 0.5) is 14.5 Å². The van der Waals surface area contributed by atoms with Crippen LogP contribution < -0.4 is 10.5 Å². The Bertz CT molecular complexity index is 615. The highest BCUT2D eigenvalue weighted by molar-refractivity contribution is 5.51. The molecule has 20 heavy (non-hydrogen) atoms. The number of ether oxygens (including phenoxy) is 1. The molecule has 2 N–H and O–H groups in total. The van der Waals surface area contributed by atoms with Gasteiger partial charge in [-0.25, -0.2) is 13.8 Å². The normalized spacial score (nSPS) is 10.8. The summed E-state index contributed by atoms with van der Waals surface area (Å²) in [4.78, 5) is 4.24. The van der Waals surface area contributed by atoms with E-state index in [0.717, 1.165) is 11.3 Å². The second-order valence-electron chi connectivity index (χ2n) is 4.58. The van der Waals surface area contributed by atoms with E-state index in [2.05, 4.69) is 4.98 Å². The van der Waals surface area contributed by atoms with Crippen LogP contribution in [0.15, 0.2) is 30.3 Å². The lowest BCUT2D eigenvalue weighted by Gasteiger charge is -2.14. The van der Waals surface area contributed by atoms with Crippen LogP contribution in [0, 0.1) is 13.8 Å². The van der Waals surface area contributed by atoms with Gasteiger partial charge < -0.3 is 10.5 Å². The maximum atomic E-state index is 12.9. The number of benzene rings is 1. The van der Waals surface area contributed by atoms with Gasteiger partial charge in [0.25, 0.3) is 6.43 Å². The van der Waals surface area contributed by atoms with Gasteiger partial charge in [-0.05, 0) is 26.0 Å². The molecule has 0 amide bonds. The molecule has 0 bridgehead atoms. The lowest BCUT2D eigenvalue weighted by molar-refractivity contribution is 0.148. The molecule has 0 saturated carbocycles. The van der Waals surface area contributed by atoms with Gasteiger partial charge in [0.2, 0.25) is 5.88 Å². The Kier molecular flexibility index (Phi) is 4.17. The Balaban J connectivity index is 2.25. The van der Waals surface area contributed by atoms with Gasteiger partial charge in [0, 0.05) is 28.1 Å². The molecule has 0 aliphatic rings. The zero-order chi connectivity index (χ0) is 14.7. The van der Waals surface area contributed by atoms with Crippen molar-refractivity contribution in [1.82, 2.24) is 4.98 Å². The van der Waals surface area contributed by atoms with Crippen LogP contribution in [0.25, 0.3) is 0 Å². The third-order valence-electron chi connectivity index (χ3n) is 3.03. The molecule has 0 unspecified atom stereocenters. The van der Waals surface area contributed by atoms with Crippen LogP contribution >= 0.6 is 0 Å². The minimum atomic E-state index is -2.58. The van der Waals surface area contributed by atoms with Gasteiger partial charge in [-0.1, -0.05) is 18.2 Å². The Hall–Kier alpha value is -2.17. The number of nitrogen functional groups attached to an aromatic ring is 1. The molecule has 0 aliphatic heterocycles. The van der Waals surface area contributed by atoms with Crippen molar-refractivity contribution >= 4 is 5.69 Å². The second kappa shape index (κ2) is 5.86. The maximum absolute atomic E-state index is 12.9. The lowest BCUT2D eigenvalue weighted by atomic mass is 10.1. The van der Waals surface area contributed by atoms with Crippen LogP contribution in [-0.4, -0.2) is 4.98 Å². The lowest BCUT2D eigenvalue weighted by Crippen LogP contribution is -2.06. The van der Waals surface area contributed by atoms with Gasteiger partial charge >= 0.3 is 0 Å². The van der Waals surface area contributed by atoms with Gasteiger partial charge in [-0.3, -0.25) is 0 Å².